The van der Waals surface area contributed by atoms with Crippen LogP contribution in [0.25, 0.3) is 0 Å². The summed E-state index contributed by atoms with van der Waals surface area (Å²) in [6, 6.07) is 10.9. The van der Waals surface area contributed by atoms with Gasteiger partial charge in [0, 0.05) is 181 Å². The van der Waals surface area contributed by atoms with E-state index in [1.165, 1.54) is 164 Å². The van der Waals surface area contributed by atoms with E-state index < -0.39 is 0 Å². The van der Waals surface area contributed by atoms with Crippen LogP contribution >= 0.6 is 0 Å². The predicted octanol–water partition coefficient (Wildman–Crippen LogP) is 8.22. The summed E-state index contributed by atoms with van der Waals surface area (Å²) in [5.41, 5.74) is 10.5. The molecule has 4 N–H and O–H groups in total. The van der Waals surface area contributed by atoms with Gasteiger partial charge in [0.25, 0.3) is 0 Å². The van der Waals surface area contributed by atoms with Gasteiger partial charge in [0.2, 0.25) is 0 Å². The smallest absolute Gasteiger partial charge is 1.00 e. The van der Waals surface area contributed by atoms with Crippen molar-refractivity contribution in [3.05, 3.63) is 48.8 Å². The third-order valence-electron chi connectivity index (χ3n) is 9.26. The first-order valence-corrected chi connectivity index (χ1v) is 20.3. The normalized spacial score (nSPS) is 6.29. The number of hydrogen-bond acceptors (Lipinski definition) is 4. The third-order valence-corrected chi connectivity index (χ3v) is 9.26. The first-order chi connectivity index (χ1) is 23.3. The number of unbranched alkanes of at least 4 members (excludes halogenated alkanes) is 8. The Balaban J connectivity index is -0.00000000843. The molecule has 0 saturated carbocycles. The molecule has 84 heavy (non-hydrogen) atoms. The zero-order valence-electron chi connectivity index (χ0n) is 48.0. The Morgan fingerprint density at radius 1 is 0.250 bits per heavy atom. The van der Waals surface area contributed by atoms with Gasteiger partial charge >= 0.3 is 44.8 Å². The Morgan fingerprint density at radius 3 is 0.429 bits per heavy atom. The number of nitrogens with two attached hydrogens (primary N) is 2. The molecule has 42 heteroatoms. The summed E-state index contributed by atoms with van der Waals surface area (Å²) in [4.78, 5) is 7.51. The van der Waals surface area contributed by atoms with Gasteiger partial charge in [0.15, 0.2) is 0 Å². The van der Waals surface area contributed by atoms with Crippen LogP contribution in [0.2, 0.25) is 0 Å². The van der Waals surface area contributed by atoms with Crippen LogP contribution in [0.3, 0.4) is 0 Å². The maximum atomic E-state index is 5.25. The van der Waals surface area contributed by atoms with Crippen molar-refractivity contribution in [2.24, 2.45) is 0 Å². The van der Waals surface area contributed by atoms with E-state index in [2.05, 4.69) is 65.4 Å². The fourth-order valence-electron chi connectivity index (χ4n) is 6.04. The summed E-state index contributed by atoms with van der Waals surface area (Å²) >= 11 is 0. The molecule has 2 heterocycles. The average molecular weight is 2070 g/mol. The van der Waals surface area contributed by atoms with Gasteiger partial charge in [-0.1, -0.05) is 119 Å². The molecule has 0 atom stereocenters. The van der Waals surface area contributed by atoms with E-state index in [9.17, 15) is 0 Å². The Morgan fingerprint density at radius 2 is 0.369 bits per heavy atom. The second-order valence-electron chi connectivity index (χ2n) is 13.8. The van der Waals surface area contributed by atoms with Crippen molar-refractivity contribution in [1.82, 2.24) is 9.97 Å². The van der Waals surface area contributed by atoms with Crippen molar-refractivity contribution in [2.45, 2.75) is 158 Å². The Kier molecular flexibility index (Phi) is 652. The van der Waals surface area contributed by atoms with E-state index in [-0.39, 0.29) is 356 Å². The molecule has 0 bridgehead atoms. The van der Waals surface area contributed by atoms with Gasteiger partial charge in [-0.15, -0.1) is 0 Å². The maximum absolute atomic E-state index is 5.25. The fraction of sp³-hybridized carbons (Fsp3) is 0.762. The van der Waals surface area contributed by atoms with E-state index in [4.69, 9.17) is 11.5 Å². The largest absolute Gasteiger partial charge is 2.00 e. The Hall–Kier alpha value is 3.77. The summed E-state index contributed by atoms with van der Waals surface area (Å²) in [6.07, 6.45) is 25.4. The first kappa shape index (κ1) is 267. The quantitative estimate of drug-likeness (QED) is 0.0774. The van der Waals surface area contributed by atoms with Gasteiger partial charge < -0.3 is 163 Å². The van der Waals surface area contributed by atoms with E-state index in [1.807, 2.05) is 24.3 Å². The van der Waals surface area contributed by atoms with Crippen LogP contribution in [0.5, 0.6) is 0 Å². The number of hydrogen-bond donors (Lipinski definition) is 2. The molecule has 2 rings (SSSR count). The SMILES string of the molecule is CCCC[N+](CCCC)(CCCC)CCCC.CCCC[N+](CCCC)(CCCC)CCCC.Nc1ccccn1.Nc1ccccn1.[Ag+].[Ag+].[Mo].[Mo].[Mo].[Mo].[Mo].[Mo].[Mo].[Mo].[O-2].[O-2].[O-2].[O-2].[O-2].[O-2].[O-2].[O-2].[O-2].[O-2].[O-2].[O-2].[O-2].[O-2].[O-2].[O-2].[O-2].[O-2].[O-2].[O-2].[O-2].[O-2].[O-2].[O-2].[O-2].[O-2]. The van der Waals surface area contributed by atoms with Crippen LogP contribution in [0.4, 0.5) is 11.6 Å². The van der Waals surface area contributed by atoms with Gasteiger partial charge in [-0.25, -0.2) is 9.97 Å². The number of rotatable bonds is 24. The van der Waals surface area contributed by atoms with Crippen molar-refractivity contribution in [3.8, 4) is 0 Å². The number of nitrogens with zero attached hydrogens (tertiary/aromatic N) is 4. The molecular weight excluding hydrogens is 1990 g/mol. The zero-order valence-corrected chi connectivity index (χ0v) is 67.0. The molecule has 0 aliphatic rings. The first-order valence-electron chi connectivity index (χ1n) is 20.3. The summed E-state index contributed by atoms with van der Waals surface area (Å²) in [7, 11) is 0. The van der Waals surface area contributed by atoms with Crippen molar-refractivity contribution in [1.29, 1.82) is 0 Å². The summed E-state index contributed by atoms with van der Waals surface area (Å²) in [5.74, 6) is 1.14. The van der Waals surface area contributed by atoms with Gasteiger partial charge in [-0.2, -0.15) is 0 Å². The minimum atomic E-state index is 0. The Bertz CT molecular complexity index is 848. The van der Waals surface area contributed by atoms with Gasteiger partial charge in [-0.05, 0) is 75.6 Å². The van der Waals surface area contributed by atoms with Crippen LogP contribution in [0.15, 0.2) is 48.8 Å². The maximum Gasteiger partial charge on any atom is 1.00 e. The fourth-order valence-corrected chi connectivity index (χ4v) is 6.04. The van der Waals surface area contributed by atoms with E-state index in [1.54, 1.807) is 24.5 Å². The topological polar surface area (TPSA) is 819 Å². The molecule has 0 spiro atoms. The van der Waals surface area contributed by atoms with Gasteiger partial charge in [0.1, 0.15) is 11.6 Å². The van der Waals surface area contributed by atoms with Crippen LogP contribution in [-0.4, -0.2) is 71.3 Å². The van der Waals surface area contributed by atoms with Crippen LogP contribution in [0, 0.1) is 0 Å². The van der Waals surface area contributed by atoms with Crippen LogP contribution < -0.4 is 11.5 Å². The van der Waals surface area contributed by atoms with Crippen molar-refractivity contribution in [2.75, 3.05) is 63.8 Å². The monoisotopic (exact) mass is 2090 g/mol. The molecule has 556 valence electrons. The van der Waals surface area contributed by atoms with Crippen molar-refractivity contribution in [3.63, 3.8) is 0 Å². The average Bonchev–Trinajstić information content (AvgIpc) is 3.12. The minimum Gasteiger partial charge on any atom is -2.00 e. The minimum absolute atomic E-state index is 0. The summed E-state index contributed by atoms with van der Waals surface area (Å²) < 4.78 is 2.84. The van der Waals surface area contributed by atoms with E-state index >= 15 is 0 Å². The Labute approximate surface area is 649 Å². The third kappa shape index (κ3) is 173. The van der Waals surface area contributed by atoms with Gasteiger partial charge in [0.05, 0.1) is 52.4 Å². The molecule has 0 aliphatic heterocycles. The second-order valence-corrected chi connectivity index (χ2v) is 13.8. The summed E-state index contributed by atoms with van der Waals surface area (Å²) in [6.45, 7) is 30.0. The number of anilines is 2. The number of quaternary nitrogens is 2. The van der Waals surface area contributed by atoms with Crippen molar-refractivity contribution >= 4 is 11.6 Å². The molecule has 0 amide bonds. The molecule has 0 aliphatic carbocycles. The molecule has 32 nitrogen and oxygen atoms in total. The predicted molar refractivity (Wildman–Crippen MR) is 234 cm³/mol. The van der Waals surface area contributed by atoms with Crippen LogP contribution in [0.1, 0.15) is 158 Å². The molecule has 0 aromatic carbocycles. The van der Waals surface area contributed by atoms with Crippen molar-refractivity contribution < 1.29 is 365 Å². The zero-order chi connectivity index (χ0) is 36.2. The van der Waals surface area contributed by atoms with E-state index in [0.29, 0.717) is 11.6 Å². The molecule has 2 aromatic heterocycles. The second kappa shape index (κ2) is 205. The summed E-state index contributed by atoms with van der Waals surface area (Å²) in [5, 5.41) is 0. The molecule has 0 radical (unpaired) electrons. The molecule has 2 aromatic rings. The number of aromatic nitrogens is 2. The number of pyridine rings is 2. The molecular formula is C42H84Ag2Mo8N6O26-48. The van der Waals surface area contributed by atoms with E-state index in [0.717, 1.165) is 0 Å². The molecule has 0 fully saturated rings. The number of nitrogen functional groups attached to an aromatic ring is 2. The van der Waals surface area contributed by atoms with Crippen LogP contribution in [-0.2, 0) is 356 Å². The van der Waals surface area contributed by atoms with Gasteiger partial charge in [-0.3, -0.25) is 0 Å². The molecule has 0 saturated heterocycles. The standard InChI is InChI=1S/2C16H36N.2C5H6N2.2Ag.8Mo.26O/c2*1-5-9-13-17(14-10-6-2,15-11-7-3)16-12-8-4;2*6-5-3-1-2-4-7-5;;;;;;;;;;;;;;;;;;;;;;;;;;;;;;;;;;;;/h2*5-16H2,1-4H3;2*1-4H,(H2,6,7);;;;;;;;;;;;;;;;;;;;;;;;;;;;;;;;;;;;/q2*+1;;;2*+1;;;;;;;;;26*-2. The molecule has 0 unspecified atom stereocenters.